The van der Waals surface area contributed by atoms with Crippen molar-refractivity contribution in [3.05, 3.63) is 41.6 Å². The molecule has 0 aromatic heterocycles. The highest BCUT2D eigenvalue weighted by molar-refractivity contribution is 5.92. The van der Waals surface area contributed by atoms with Crippen LogP contribution in [-0.2, 0) is 14.3 Å². The van der Waals surface area contributed by atoms with E-state index in [2.05, 4.69) is 5.32 Å². The summed E-state index contributed by atoms with van der Waals surface area (Å²) in [5.41, 5.74) is -0.878. The standard InChI is InChI=1S/C31H45F2N5O6/c1-18(36(10)29(42)44-31(5,6)7)26(39)34-25(30(2,3)4)27(40)37-14-13-23-24(37)19(16-38(23)28(41)35(8)9)17-43-20-11-12-21(32)22(33)15-20/h11-12,15-16,18,23-25H,13-14,17H2,1-10H3,(H,34,39). The Morgan fingerprint density at radius 1 is 1.05 bits per heavy atom. The van der Waals surface area contributed by atoms with E-state index in [0.717, 1.165) is 12.1 Å². The van der Waals surface area contributed by atoms with Crippen molar-refractivity contribution in [1.82, 2.24) is 24.9 Å². The van der Waals surface area contributed by atoms with Crippen molar-refractivity contribution in [2.24, 2.45) is 5.41 Å². The fourth-order valence-electron chi connectivity index (χ4n) is 5.14. The number of carbonyl (C=O) groups is 4. The highest BCUT2D eigenvalue weighted by Gasteiger charge is 2.50. The lowest BCUT2D eigenvalue weighted by Crippen LogP contribution is -2.59. The van der Waals surface area contributed by atoms with E-state index in [1.54, 1.807) is 57.8 Å². The van der Waals surface area contributed by atoms with E-state index in [1.165, 1.54) is 22.9 Å². The summed E-state index contributed by atoms with van der Waals surface area (Å²) in [5, 5.41) is 2.85. The number of hydrogen-bond donors (Lipinski definition) is 1. The van der Waals surface area contributed by atoms with E-state index < -0.39 is 52.8 Å². The molecule has 2 heterocycles. The van der Waals surface area contributed by atoms with Crippen molar-refractivity contribution in [2.75, 3.05) is 34.3 Å². The molecule has 4 unspecified atom stereocenters. The number of benzene rings is 1. The SMILES string of the molecule is CC(C(=O)NC(C(=O)N1CCC2C1C(COc1ccc(F)c(F)c1)=CN2C(=O)N(C)C)C(C)(C)C)N(C)C(=O)OC(C)(C)C. The van der Waals surface area contributed by atoms with Gasteiger partial charge in [-0.3, -0.25) is 19.4 Å². The molecule has 2 aliphatic rings. The van der Waals surface area contributed by atoms with E-state index in [-0.39, 0.29) is 30.3 Å². The normalized spacial score (nSPS) is 19.5. The van der Waals surface area contributed by atoms with E-state index in [9.17, 15) is 28.0 Å². The Labute approximate surface area is 258 Å². The van der Waals surface area contributed by atoms with Gasteiger partial charge in [-0.05, 0) is 51.7 Å². The van der Waals surface area contributed by atoms with Crippen LogP contribution >= 0.6 is 0 Å². The van der Waals surface area contributed by atoms with Crippen molar-refractivity contribution in [3.63, 3.8) is 0 Å². The second-order valence-electron chi connectivity index (χ2n) is 13.6. The highest BCUT2D eigenvalue weighted by Crippen LogP contribution is 2.37. The molecule has 2 aliphatic heterocycles. The van der Waals surface area contributed by atoms with Gasteiger partial charge in [0, 0.05) is 45.5 Å². The number of halogens is 2. The molecule has 1 fully saturated rings. The number of likely N-dealkylation sites (tertiary alicyclic amines) is 1. The van der Waals surface area contributed by atoms with Crippen LogP contribution in [0.2, 0.25) is 0 Å². The zero-order chi connectivity index (χ0) is 33.3. The van der Waals surface area contributed by atoms with Crippen molar-refractivity contribution >= 4 is 23.9 Å². The molecule has 0 radical (unpaired) electrons. The third kappa shape index (κ3) is 7.78. The lowest BCUT2D eigenvalue weighted by molar-refractivity contribution is -0.140. The largest absolute Gasteiger partial charge is 0.489 e. The molecule has 11 nitrogen and oxygen atoms in total. The van der Waals surface area contributed by atoms with Crippen LogP contribution < -0.4 is 10.1 Å². The Morgan fingerprint density at radius 2 is 1.68 bits per heavy atom. The number of nitrogens with one attached hydrogen (secondary N) is 1. The van der Waals surface area contributed by atoms with Crippen LogP contribution in [0.3, 0.4) is 0 Å². The van der Waals surface area contributed by atoms with Crippen molar-refractivity contribution < 1.29 is 37.4 Å². The molecule has 5 amide bonds. The van der Waals surface area contributed by atoms with Crippen molar-refractivity contribution in [2.45, 2.75) is 84.7 Å². The molecular formula is C31H45F2N5O6. The number of carbonyl (C=O) groups excluding carboxylic acids is 4. The van der Waals surface area contributed by atoms with Gasteiger partial charge in [-0.25, -0.2) is 18.4 Å². The van der Waals surface area contributed by atoms with Crippen LogP contribution in [-0.4, -0.2) is 108 Å². The fraction of sp³-hybridized carbons (Fsp3) is 0.613. The first kappa shape index (κ1) is 34.6. The zero-order valence-electron chi connectivity index (χ0n) is 27.2. The van der Waals surface area contributed by atoms with E-state index in [4.69, 9.17) is 9.47 Å². The Hall–Kier alpha value is -3.90. The van der Waals surface area contributed by atoms with Gasteiger partial charge in [-0.2, -0.15) is 0 Å². The smallest absolute Gasteiger partial charge is 0.410 e. The summed E-state index contributed by atoms with van der Waals surface area (Å²) in [6.07, 6.45) is 1.44. The molecule has 3 rings (SSSR count). The predicted octanol–water partition coefficient (Wildman–Crippen LogP) is 3.98. The van der Waals surface area contributed by atoms with Gasteiger partial charge in [0.2, 0.25) is 11.8 Å². The minimum Gasteiger partial charge on any atom is -0.489 e. The minimum absolute atomic E-state index is 0.0858. The number of rotatable bonds is 7. The summed E-state index contributed by atoms with van der Waals surface area (Å²) >= 11 is 0. The first-order valence-electron chi connectivity index (χ1n) is 14.6. The molecule has 44 heavy (non-hydrogen) atoms. The molecule has 4 atom stereocenters. The van der Waals surface area contributed by atoms with Gasteiger partial charge in [-0.15, -0.1) is 0 Å². The summed E-state index contributed by atoms with van der Waals surface area (Å²) in [6, 6.07) is 0.0452. The van der Waals surface area contributed by atoms with Gasteiger partial charge in [-0.1, -0.05) is 20.8 Å². The van der Waals surface area contributed by atoms with E-state index in [1.807, 2.05) is 20.8 Å². The van der Waals surface area contributed by atoms with Crippen LogP contribution in [0.25, 0.3) is 0 Å². The number of fused-ring (bicyclic) bond motifs is 1. The van der Waals surface area contributed by atoms with Crippen molar-refractivity contribution in [3.8, 4) is 5.75 Å². The number of nitrogens with zero attached hydrogens (tertiary/aromatic N) is 4. The lowest BCUT2D eigenvalue weighted by Gasteiger charge is -2.37. The highest BCUT2D eigenvalue weighted by atomic mass is 19.2. The maximum atomic E-state index is 14.2. The molecule has 13 heteroatoms. The summed E-state index contributed by atoms with van der Waals surface area (Å²) < 4.78 is 38.4. The second kappa shape index (κ2) is 13.0. The quantitative estimate of drug-likeness (QED) is 0.493. The molecule has 1 aromatic rings. The molecule has 0 aliphatic carbocycles. The maximum Gasteiger partial charge on any atom is 0.410 e. The molecule has 1 saturated heterocycles. The van der Waals surface area contributed by atoms with Gasteiger partial charge in [0.15, 0.2) is 11.6 Å². The van der Waals surface area contributed by atoms with Gasteiger partial charge in [0.25, 0.3) is 0 Å². The van der Waals surface area contributed by atoms with Gasteiger partial charge < -0.3 is 24.6 Å². The number of ether oxygens (including phenoxy) is 2. The van der Waals surface area contributed by atoms with Gasteiger partial charge >= 0.3 is 12.1 Å². The maximum absolute atomic E-state index is 14.2. The van der Waals surface area contributed by atoms with Crippen LogP contribution in [0.4, 0.5) is 18.4 Å². The summed E-state index contributed by atoms with van der Waals surface area (Å²) in [7, 11) is 4.70. The predicted molar refractivity (Wildman–Crippen MR) is 160 cm³/mol. The van der Waals surface area contributed by atoms with Gasteiger partial charge in [0.05, 0.1) is 12.1 Å². The topological polar surface area (TPSA) is 112 Å². The third-order valence-corrected chi connectivity index (χ3v) is 7.63. The first-order chi connectivity index (χ1) is 20.2. The van der Waals surface area contributed by atoms with Crippen LogP contribution in [0.15, 0.2) is 30.0 Å². The second-order valence-corrected chi connectivity index (χ2v) is 13.6. The molecular weight excluding hydrogens is 576 g/mol. The summed E-state index contributed by atoms with van der Waals surface area (Å²) in [5.74, 6) is -2.86. The molecule has 0 saturated carbocycles. The average molecular weight is 622 g/mol. The molecule has 1 N–H and O–H groups in total. The summed E-state index contributed by atoms with van der Waals surface area (Å²) in [4.78, 5) is 59.0. The Morgan fingerprint density at radius 3 is 2.23 bits per heavy atom. The Balaban J connectivity index is 1.85. The number of hydrogen-bond acceptors (Lipinski definition) is 6. The summed E-state index contributed by atoms with van der Waals surface area (Å²) in [6.45, 7) is 12.4. The first-order valence-corrected chi connectivity index (χ1v) is 14.6. The Kier molecular flexibility index (Phi) is 10.2. The molecule has 244 valence electrons. The van der Waals surface area contributed by atoms with E-state index in [0.29, 0.717) is 18.5 Å². The molecule has 0 bridgehead atoms. The fourth-order valence-corrected chi connectivity index (χ4v) is 5.14. The zero-order valence-corrected chi connectivity index (χ0v) is 27.2. The third-order valence-electron chi connectivity index (χ3n) is 7.63. The number of urea groups is 1. The number of likely N-dealkylation sites (N-methyl/N-ethyl adjacent to an activating group) is 1. The monoisotopic (exact) mass is 621 g/mol. The van der Waals surface area contributed by atoms with Gasteiger partial charge in [0.1, 0.15) is 30.0 Å². The van der Waals surface area contributed by atoms with Crippen LogP contribution in [0.5, 0.6) is 5.75 Å². The van der Waals surface area contributed by atoms with Crippen LogP contribution in [0.1, 0.15) is 54.9 Å². The van der Waals surface area contributed by atoms with E-state index >= 15 is 0 Å². The molecule has 0 spiro atoms. The number of amides is 5. The lowest BCUT2D eigenvalue weighted by atomic mass is 9.85. The Bertz CT molecular complexity index is 1310. The van der Waals surface area contributed by atoms with Crippen LogP contribution in [0, 0.1) is 17.0 Å². The minimum atomic E-state index is -1.06. The van der Waals surface area contributed by atoms with Crippen molar-refractivity contribution in [1.29, 1.82) is 0 Å². The average Bonchev–Trinajstić information content (AvgIpc) is 3.50. The molecule has 1 aromatic carbocycles.